The Morgan fingerprint density at radius 2 is 1.71 bits per heavy atom. The molecular formula is C15H16F2N4. The summed E-state index contributed by atoms with van der Waals surface area (Å²) < 4.78 is 27.9. The fourth-order valence-electron chi connectivity index (χ4n) is 2.62. The van der Waals surface area contributed by atoms with Gasteiger partial charge in [-0.1, -0.05) is 6.92 Å². The molecule has 0 spiro atoms. The van der Waals surface area contributed by atoms with E-state index in [0.717, 1.165) is 18.6 Å². The van der Waals surface area contributed by atoms with Crippen LogP contribution in [0.25, 0.3) is 0 Å². The maximum atomic E-state index is 14.0. The Morgan fingerprint density at radius 3 is 2.14 bits per heavy atom. The van der Waals surface area contributed by atoms with E-state index in [2.05, 4.69) is 6.07 Å². The molecule has 0 aliphatic carbocycles. The highest BCUT2D eigenvalue weighted by molar-refractivity contribution is 5.53. The lowest BCUT2D eigenvalue weighted by Crippen LogP contribution is -2.50. The monoisotopic (exact) mass is 290 g/mol. The highest BCUT2D eigenvalue weighted by atomic mass is 19.1. The first kappa shape index (κ1) is 15.2. The van der Waals surface area contributed by atoms with Gasteiger partial charge < -0.3 is 4.90 Å². The molecule has 1 aliphatic heterocycles. The van der Waals surface area contributed by atoms with Crippen molar-refractivity contribution in [3.05, 3.63) is 29.3 Å². The molecule has 0 saturated carbocycles. The van der Waals surface area contributed by atoms with Crippen molar-refractivity contribution in [2.75, 3.05) is 31.1 Å². The van der Waals surface area contributed by atoms with Crippen LogP contribution in [-0.4, -0.2) is 37.1 Å². The van der Waals surface area contributed by atoms with E-state index in [9.17, 15) is 8.78 Å². The number of anilines is 1. The van der Waals surface area contributed by atoms with Crippen LogP contribution in [-0.2, 0) is 0 Å². The van der Waals surface area contributed by atoms with Crippen molar-refractivity contribution in [1.29, 1.82) is 10.5 Å². The fourth-order valence-corrected chi connectivity index (χ4v) is 2.62. The van der Waals surface area contributed by atoms with Crippen molar-refractivity contribution in [2.24, 2.45) is 0 Å². The fraction of sp³-hybridized carbons (Fsp3) is 0.467. The summed E-state index contributed by atoms with van der Waals surface area (Å²) in [4.78, 5) is 3.66. The quantitative estimate of drug-likeness (QED) is 0.857. The van der Waals surface area contributed by atoms with Gasteiger partial charge in [0.25, 0.3) is 0 Å². The Labute approximate surface area is 122 Å². The Kier molecular flexibility index (Phi) is 4.72. The molecule has 6 heteroatoms. The van der Waals surface area contributed by atoms with E-state index in [1.165, 1.54) is 0 Å². The van der Waals surface area contributed by atoms with Gasteiger partial charge in [-0.05, 0) is 18.6 Å². The molecule has 1 fully saturated rings. The second-order valence-electron chi connectivity index (χ2n) is 4.98. The van der Waals surface area contributed by atoms with E-state index >= 15 is 0 Å². The predicted octanol–water partition coefficient (Wildman–Crippen LogP) is 2.26. The average Bonchev–Trinajstić information content (AvgIpc) is 2.49. The van der Waals surface area contributed by atoms with Crippen LogP contribution in [0.15, 0.2) is 12.1 Å². The lowest BCUT2D eigenvalue weighted by atomic mass is 10.1. The summed E-state index contributed by atoms with van der Waals surface area (Å²) in [5.74, 6) is -1.43. The molecule has 1 aliphatic rings. The van der Waals surface area contributed by atoms with Gasteiger partial charge in [0, 0.05) is 26.2 Å². The van der Waals surface area contributed by atoms with Gasteiger partial charge in [0.2, 0.25) is 0 Å². The van der Waals surface area contributed by atoms with Crippen LogP contribution in [0.4, 0.5) is 14.5 Å². The van der Waals surface area contributed by atoms with E-state index in [1.807, 2.05) is 11.8 Å². The lowest BCUT2D eigenvalue weighted by molar-refractivity contribution is 0.215. The normalized spacial score (nSPS) is 17.1. The summed E-state index contributed by atoms with van der Waals surface area (Å²) in [6.07, 6.45) is 0.732. The predicted molar refractivity (Wildman–Crippen MR) is 74.6 cm³/mol. The van der Waals surface area contributed by atoms with Crippen LogP contribution in [0, 0.1) is 34.3 Å². The number of hydrogen-bond donors (Lipinski definition) is 0. The molecule has 0 bridgehead atoms. The minimum absolute atomic E-state index is 0.0251. The Hall–Kier alpha value is -2.18. The molecule has 21 heavy (non-hydrogen) atoms. The van der Waals surface area contributed by atoms with E-state index in [1.54, 1.807) is 11.0 Å². The third-order valence-corrected chi connectivity index (χ3v) is 3.75. The number of hydrogen-bond acceptors (Lipinski definition) is 4. The molecule has 0 aromatic heterocycles. The van der Waals surface area contributed by atoms with E-state index in [4.69, 9.17) is 10.5 Å². The molecule has 1 unspecified atom stereocenters. The summed E-state index contributed by atoms with van der Waals surface area (Å²) in [5, 5.41) is 17.8. The molecule has 1 saturated heterocycles. The van der Waals surface area contributed by atoms with Crippen molar-refractivity contribution in [1.82, 2.24) is 4.90 Å². The summed E-state index contributed by atoms with van der Waals surface area (Å²) >= 11 is 0. The first-order chi connectivity index (χ1) is 10.1. The third kappa shape index (κ3) is 3.12. The molecule has 1 aromatic rings. The molecule has 110 valence electrons. The average molecular weight is 290 g/mol. The molecule has 0 radical (unpaired) electrons. The minimum atomic E-state index is -0.715. The van der Waals surface area contributed by atoms with Crippen molar-refractivity contribution in [3.8, 4) is 12.1 Å². The highest BCUT2D eigenvalue weighted by Gasteiger charge is 2.26. The van der Waals surface area contributed by atoms with Gasteiger partial charge in [0.1, 0.15) is 5.69 Å². The van der Waals surface area contributed by atoms with E-state index < -0.39 is 11.6 Å². The van der Waals surface area contributed by atoms with Crippen molar-refractivity contribution >= 4 is 5.69 Å². The highest BCUT2D eigenvalue weighted by Crippen LogP contribution is 2.26. The zero-order valence-corrected chi connectivity index (χ0v) is 11.8. The Balaban J connectivity index is 2.13. The zero-order chi connectivity index (χ0) is 15.4. The number of piperazine rings is 1. The van der Waals surface area contributed by atoms with Gasteiger partial charge >= 0.3 is 0 Å². The molecule has 0 amide bonds. The SMILES string of the molecule is CCC(C#N)N1CCN(c2c(F)cc(C#N)cc2F)CC1. The smallest absolute Gasteiger partial charge is 0.150 e. The number of benzene rings is 1. The first-order valence-electron chi connectivity index (χ1n) is 6.88. The van der Waals surface area contributed by atoms with Crippen molar-refractivity contribution in [3.63, 3.8) is 0 Å². The maximum absolute atomic E-state index is 14.0. The summed E-state index contributed by atoms with van der Waals surface area (Å²) in [5.41, 5.74) is -0.110. The number of halogens is 2. The second kappa shape index (κ2) is 6.51. The van der Waals surface area contributed by atoms with Gasteiger partial charge in [-0.25, -0.2) is 8.78 Å². The summed E-state index contributed by atoms with van der Waals surface area (Å²) in [6.45, 7) is 4.03. The van der Waals surface area contributed by atoms with Crippen molar-refractivity contribution in [2.45, 2.75) is 19.4 Å². The van der Waals surface area contributed by atoms with Crippen molar-refractivity contribution < 1.29 is 8.78 Å². The first-order valence-corrected chi connectivity index (χ1v) is 6.88. The van der Waals surface area contributed by atoms with E-state index in [-0.39, 0.29) is 17.3 Å². The molecular weight excluding hydrogens is 274 g/mol. The molecule has 1 atom stereocenters. The second-order valence-corrected chi connectivity index (χ2v) is 4.98. The molecule has 2 rings (SSSR count). The van der Waals surface area contributed by atoms with Crippen LogP contribution >= 0.6 is 0 Å². The minimum Gasteiger partial charge on any atom is -0.364 e. The summed E-state index contributed by atoms with van der Waals surface area (Å²) in [7, 11) is 0. The number of nitriles is 2. The summed E-state index contributed by atoms with van der Waals surface area (Å²) in [6, 6.07) is 5.92. The number of rotatable bonds is 3. The van der Waals surface area contributed by atoms with Crippen LogP contribution in [0.1, 0.15) is 18.9 Å². The van der Waals surface area contributed by atoms with Crippen LogP contribution in [0.5, 0.6) is 0 Å². The molecule has 4 nitrogen and oxygen atoms in total. The van der Waals surface area contributed by atoms with Gasteiger partial charge in [-0.2, -0.15) is 10.5 Å². The molecule has 0 N–H and O–H groups in total. The van der Waals surface area contributed by atoms with Crippen LogP contribution in [0.2, 0.25) is 0 Å². The third-order valence-electron chi connectivity index (χ3n) is 3.75. The Morgan fingerprint density at radius 1 is 1.14 bits per heavy atom. The molecule has 1 aromatic carbocycles. The Bertz CT molecular complexity index is 572. The van der Waals surface area contributed by atoms with Gasteiger partial charge in [-0.15, -0.1) is 0 Å². The van der Waals surface area contributed by atoms with Gasteiger partial charge in [-0.3, -0.25) is 4.90 Å². The lowest BCUT2D eigenvalue weighted by Gasteiger charge is -2.38. The largest absolute Gasteiger partial charge is 0.364 e. The topological polar surface area (TPSA) is 54.1 Å². The molecule has 1 heterocycles. The van der Waals surface area contributed by atoms with Gasteiger partial charge in [0.05, 0.1) is 23.7 Å². The number of nitrogens with zero attached hydrogens (tertiary/aromatic N) is 4. The van der Waals surface area contributed by atoms with Gasteiger partial charge in [0.15, 0.2) is 11.6 Å². The maximum Gasteiger partial charge on any atom is 0.150 e. The van der Waals surface area contributed by atoms with E-state index in [0.29, 0.717) is 26.2 Å². The standard InChI is InChI=1S/C15H16F2N4/c1-2-12(10-19)20-3-5-21(6-4-20)15-13(16)7-11(9-18)8-14(15)17/h7-8,12H,2-6H2,1H3. The zero-order valence-electron chi connectivity index (χ0n) is 11.8. The van der Waals surface area contributed by atoms with Crippen LogP contribution < -0.4 is 4.90 Å². The van der Waals surface area contributed by atoms with Crippen LogP contribution in [0.3, 0.4) is 0 Å².